The van der Waals surface area contributed by atoms with Gasteiger partial charge >= 0.3 is 6.03 Å². The number of rotatable bonds is 6. The number of aromatic nitrogens is 1. The molecule has 0 saturated carbocycles. The van der Waals surface area contributed by atoms with Gasteiger partial charge in [0.05, 0.1) is 24.9 Å². The number of carbonyl (C=O) groups excluding carboxylic acids is 1. The maximum absolute atomic E-state index is 12.1. The van der Waals surface area contributed by atoms with Crippen molar-refractivity contribution in [3.63, 3.8) is 0 Å². The third kappa shape index (κ3) is 5.29. The van der Waals surface area contributed by atoms with E-state index in [0.29, 0.717) is 22.2 Å². The van der Waals surface area contributed by atoms with E-state index in [2.05, 4.69) is 15.5 Å². The average molecular weight is 441 g/mol. The highest BCUT2D eigenvalue weighted by Crippen LogP contribution is 2.34. The fourth-order valence-electron chi connectivity index (χ4n) is 2.90. The Morgan fingerprint density at radius 1 is 1.26 bits per heavy atom. The molecule has 3 rings (SSSR count). The molecule has 0 spiro atoms. The number of benzene rings is 2. The molecule has 0 radical (unpaired) electrons. The zero-order valence-electron chi connectivity index (χ0n) is 17.4. The van der Waals surface area contributed by atoms with Crippen LogP contribution in [0.3, 0.4) is 0 Å². The first-order chi connectivity index (χ1) is 14.9. The number of pyridine rings is 1. The van der Waals surface area contributed by atoms with Crippen molar-refractivity contribution in [3.05, 3.63) is 70.9 Å². The number of urea groups is 1. The Morgan fingerprint density at radius 2 is 2.03 bits per heavy atom. The van der Waals surface area contributed by atoms with E-state index in [0.717, 1.165) is 27.1 Å². The number of nitrogens with one attached hydrogen (secondary N) is 1. The highest BCUT2D eigenvalue weighted by atomic mass is 35.5. The Morgan fingerprint density at radius 3 is 2.77 bits per heavy atom. The van der Waals surface area contributed by atoms with Crippen LogP contribution in [0.4, 0.5) is 10.5 Å². The fraction of sp³-hybridized carbons (Fsp3) is 0.182. The number of para-hydroxylation sites is 1. The van der Waals surface area contributed by atoms with Crippen molar-refractivity contribution in [2.75, 3.05) is 19.5 Å². The molecule has 3 N–H and O–H groups in total. The normalized spacial score (nSPS) is 11.2. The van der Waals surface area contributed by atoms with Crippen molar-refractivity contribution < 1.29 is 19.0 Å². The summed E-state index contributed by atoms with van der Waals surface area (Å²) in [6.45, 7) is 2.16. The molecule has 1 aromatic heterocycles. The van der Waals surface area contributed by atoms with Crippen LogP contribution < -0.4 is 20.6 Å². The van der Waals surface area contributed by atoms with Gasteiger partial charge in [-0.05, 0) is 36.8 Å². The summed E-state index contributed by atoms with van der Waals surface area (Å²) in [6.07, 6.45) is 1.69. The number of hydrogen-bond acceptors (Lipinski definition) is 5. The first kappa shape index (κ1) is 22.0. The van der Waals surface area contributed by atoms with Crippen LogP contribution in [0.25, 0.3) is 11.3 Å². The molecular formula is C22H23ClN5O3+. The van der Waals surface area contributed by atoms with E-state index in [1.807, 2.05) is 43.3 Å². The van der Waals surface area contributed by atoms with Crippen LogP contribution in [0.15, 0.2) is 60.0 Å². The van der Waals surface area contributed by atoms with Gasteiger partial charge in [0, 0.05) is 28.6 Å². The lowest BCUT2D eigenvalue weighted by Gasteiger charge is -2.14. The first-order valence-electron chi connectivity index (χ1n) is 9.39. The number of amides is 2. The molecule has 31 heavy (non-hydrogen) atoms. The summed E-state index contributed by atoms with van der Waals surface area (Å²) in [5, 5.41) is 6.53. The lowest BCUT2D eigenvalue weighted by molar-refractivity contribution is -0.466. The Kier molecular flexibility index (Phi) is 7.04. The summed E-state index contributed by atoms with van der Waals surface area (Å²) < 4.78 is 12.2. The number of nitrogens with two attached hydrogens (primary N) is 1. The maximum Gasteiger partial charge on any atom is 0.459 e. The molecule has 0 aliphatic carbocycles. The lowest BCUT2D eigenvalue weighted by atomic mass is 10.0. The van der Waals surface area contributed by atoms with Gasteiger partial charge in [-0.2, -0.15) is 0 Å². The molecule has 0 saturated heterocycles. The summed E-state index contributed by atoms with van der Waals surface area (Å²) in [6, 6.07) is 14.1. The molecular weight excluding hydrogens is 418 g/mol. The number of carbonyl (C=O) groups is 1. The van der Waals surface area contributed by atoms with Crippen molar-refractivity contribution in [2.45, 2.75) is 13.5 Å². The van der Waals surface area contributed by atoms with E-state index >= 15 is 0 Å². The standard InChI is InChI=1S/C22H22ClN5O3/c1-14-10-21(18(23)12-17(14)20-11-16(30-3)8-9-25-20)31-13-15-6-4-5-7-19(15)26-22(29)28(2)27-24/h4-12,24H,13H2,1-3H3,(H,26,29)/p+1. The third-order valence-corrected chi connectivity index (χ3v) is 4.93. The van der Waals surface area contributed by atoms with Crippen LogP contribution in [-0.4, -0.2) is 29.9 Å². The number of aryl methyl sites for hydroxylation is 1. The lowest BCUT2D eigenvalue weighted by Crippen LogP contribution is -2.23. The summed E-state index contributed by atoms with van der Waals surface area (Å²) >= 11 is 6.49. The first-order valence-corrected chi connectivity index (χ1v) is 9.77. The quantitative estimate of drug-likeness (QED) is 0.248. The molecule has 0 fully saturated rings. The Balaban J connectivity index is 1.80. The van der Waals surface area contributed by atoms with E-state index in [4.69, 9.17) is 26.9 Å². The second kappa shape index (κ2) is 9.90. The average Bonchev–Trinajstić information content (AvgIpc) is 2.79. The SMILES string of the molecule is COc1ccnc(-c2cc(Cl)c(OCc3ccccc3NC(=O)/[N+](C)=N\N)cc2C)c1. The predicted molar refractivity (Wildman–Crippen MR) is 119 cm³/mol. The Hall–Kier alpha value is -3.65. The van der Waals surface area contributed by atoms with Gasteiger partial charge in [0.25, 0.3) is 0 Å². The van der Waals surface area contributed by atoms with Crippen LogP contribution >= 0.6 is 11.6 Å². The van der Waals surface area contributed by atoms with Gasteiger partial charge in [0.2, 0.25) is 0 Å². The van der Waals surface area contributed by atoms with E-state index in [1.54, 1.807) is 25.4 Å². The van der Waals surface area contributed by atoms with Crippen molar-refractivity contribution >= 4 is 23.3 Å². The van der Waals surface area contributed by atoms with Gasteiger partial charge in [-0.25, -0.2) is 16.0 Å². The van der Waals surface area contributed by atoms with Gasteiger partial charge < -0.3 is 9.47 Å². The Bertz CT molecular complexity index is 1130. The molecule has 2 aromatic carbocycles. The van der Waals surface area contributed by atoms with E-state index < -0.39 is 6.03 Å². The van der Waals surface area contributed by atoms with E-state index in [-0.39, 0.29) is 6.61 Å². The third-order valence-electron chi connectivity index (χ3n) is 4.63. The molecule has 2 amide bonds. The minimum absolute atomic E-state index is 0.204. The molecule has 9 heteroatoms. The van der Waals surface area contributed by atoms with Crippen LogP contribution in [0, 0.1) is 6.92 Å². The summed E-state index contributed by atoms with van der Waals surface area (Å²) in [7, 11) is 3.06. The van der Waals surface area contributed by atoms with Crippen LogP contribution in [0.5, 0.6) is 11.5 Å². The highest BCUT2D eigenvalue weighted by molar-refractivity contribution is 6.32. The maximum atomic E-state index is 12.1. The smallest absolute Gasteiger partial charge is 0.459 e. The summed E-state index contributed by atoms with van der Waals surface area (Å²) in [5.41, 5.74) is 3.96. The molecule has 3 aromatic rings. The summed E-state index contributed by atoms with van der Waals surface area (Å²) in [5.74, 6) is 6.38. The number of hydrogen-bond donors (Lipinski definition) is 2. The van der Waals surface area contributed by atoms with Crippen LogP contribution in [0.1, 0.15) is 11.1 Å². The van der Waals surface area contributed by atoms with E-state index in [9.17, 15) is 4.79 Å². The van der Waals surface area contributed by atoms with Crippen molar-refractivity contribution in [1.29, 1.82) is 0 Å². The van der Waals surface area contributed by atoms with Crippen LogP contribution in [-0.2, 0) is 6.61 Å². The van der Waals surface area contributed by atoms with Crippen LogP contribution in [0.2, 0.25) is 5.02 Å². The number of nitrogens with zero attached hydrogens (tertiary/aromatic N) is 3. The van der Waals surface area contributed by atoms with Crippen molar-refractivity contribution in [3.8, 4) is 22.8 Å². The molecule has 0 aliphatic heterocycles. The minimum atomic E-state index is -0.459. The molecule has 1 heterocycles. The number of ether oxygens (including phenoxy) is 2. The summed E-state index contributed by atoms with van der Waals surface area (Å²) in [4.78, 5) is 16.5. The van der Waals surface area contributed by atoms with Crippen molar-refractivity contribution in [2.24, 2.45) is 11.1 Å². The molecule has 0 aliphatic rings. The van der Waals surface area contributed by atoms with E-state index in [1.165, 1.54) is 7.05 Å². The van der Waals surface area contributed by atoms with Gasteiger partial charge in [0.15, 0.2) is 0 Å². The largest absolute Gasteiger partial charge is 0.497 e. The van der Waals surface area contributed by atoms with Gasteiger partial charge in [-0.15, -0.1) is 4.70 Å². The monoisotopic (exact) mass is 440 g/mol. The number of anilines is 1. The molecule has 0 unspecified atom stereocenters. The van der Waals surface area contributed by atoms with Crippen molar-refractivity contribution in [1.82, 2.24) is 4.98 Å². The molecule has 160 valence electrons. The molecule has 0 atom stereocenters. The second-order valence-electron chi connectivity index (χ2n) is 6.69. The van der Waals surface area contributed by atoms with Gasteiger partial charge in [0.1, 0.15) is 23.8 Å². The number of halogens is 1. The topological polar surface area (TPSA) is 102 Å². The highest BCUT2D eigenvalue weighted by Gasteiger charge is 2.15. The molecule has 8 nitrogen and oxygen atoms in total. The van der Waals surface area contributed by atoms with Gasteiger partial charge in [-0.3, -0.25) is 4.98 Å². The van der Waals surface area contributed by atoms with Gasteiger partial charge in [-0.1, -0.05) is 29.8 Å². The zero-order valence-corrected chi connectivity index (χ0v) is 18.2. The second-order valence-corrected chi connectivity index (χ2v) is 7.10. The minimum Gasteiger partial charge on any atom is -0.497 e. The number of methoxy groups -OCH3 is 1. The zero-order chi connectivity index (χ0) is 22.4. The Labute approximate surface area is 185 Å². The fourth-order valence-corrected chi connectivity index (χ4v) is 3.12. The molecule has 0 bridgehead atoms. The predicted octanol–water partition coefficient (Wildman–Crippen LogP) is 4.80.